The van der Waals surface area contributed by atoms with Crippen LogP contribution in [-0.2, 0) is 0 Å². The molecule has 0 bridgehead atoms. The summed E-state index contributed by atoms with van der Waals surface area (Å²) in [7, 11) is 0. The second-order valence-corrected chi connectivity index (χ2v) is 7.05. The van der Waals surface area contributed by atoms with Crippen LogP contribution in [0.1, 0.15) is 45.3 Å². The van der Waals surface area contributed by atoms with Crippen molar-refractivity contribution in [2.24, 2.45) is 0 Å². The molecule has 3 N–H and O–H groups in total. The number of nitrogens with one attached hydrogen (secondary N) is 3. The van der Waals surface area contributed by atoms with E-state index in [2.05, 4.69) is 15.2 Å². The number of alkyl halides is 3. The fourth-order valence-electron chi connectivity index (χ4n) is 3.09. The molecule has 0 atom stereocenters. The van der Waals surface area contributed by atoms with E-state index in [-0.39, 0.29) is 28.1 Å². The van der Waals surface area contributed by atoms with Gasteiger partial charge in [-0.3, -0.25) is 19.5 Å². The topological polar surface area (TPSA) is 111 Å². The van der Waals surface area contributed by atoms with Crippen LogP contribution in [0.5, 0.6) is 0 Å². The summed E-state index contributed by atoms with van der Waals surface area (Å²) in [5.74, 6) is -1.19. The van der Waals surface area contributed by atoms with E-state index >= 15 is 0 Å². The van der Waals surface area contributed by atoms with Crippen LogP contribution in [0.15, 0.2) is 23.1 Å². The summed E-state index contributed by atoms with van der Waals surface area (Å²) in [4.78, 5) is 39.6. The van der Waals surface area contributed by atoms with E-state index < -0.39 is 24.2 Å². The molecule has 3 heterocycles. The Hall–Kier alpha value is -2.82. The first-order chi connectivity index (χ1) is 13.6. The van der Waals surface area contributed by atoms with Gasteiger partial charge in [-0.05, 0) is 25.0 Å². The van der Waals surface area contributed by atoms with Gasteiger partial charge in [0.05, 0.1) is 5.56 Å². The summed E-state index contributed by atoms with van der Waals surface area (Å²) in [6.45, 7) is -0.576. The van der Waals surface area contributed by atoms with E-state index in [9.17, 15) is 27.6 Å². The van der Waals surface area contributed by atoms with E-state index in [0.29, 0.717) is 31.6 Å². The Morgan fingerprint density at radius 3 is 2.59 bits per heavy atom. The average molecular weight is 432 g/mol. The fraction of sp³-hybridized carbons (Fsp3) is 0.412. The van der Waals surface area contributed by atoms with Gasteiger partial charge in [0.1, 0.15) is 17.3 Å². The van der Waals surface area contributed by atoms with E-state index in [1.165, 1.54) is 18.3 Å². The van der Waals surface area contributed by atoms with E-state index in [1.54, 1.807) is 10.2 Å². The monoisotopic (exact) mass is 431 g/mol. The van der Waals surface area contributed by atoms with Crippen LogP contribution in [0, 0.1) is 0 Å². The van der Waals surface area contributed by atoms with Gasteiger partial charge in [0.2, 0.25) is 0 Å². The third-order valence-electron chi connectivity index (χ3n) is 4.61. The SMILES string of the molecule is O=C(NCC(F)(F)F)c1cc(C2CCN(C(=O)c3c[nH]c(=O)c(Cl)c3)CC2)[nH]n1. The number of aromatic nitrogens is 3. The Morgan fingerprint density at radius 2 is 1.97 bits per heavy atom. The Labute approximate surface area is 167 Å². The standard InChI is InChI=1S/C17H17ClF3N5O3/c18-11-5-10(7-22-14(11)27)16(29)26-3-1-9(2-4-26)12-6-13(25-24-12)15(28)23-8-17(19,20)21/h5-7,9H,1-4,8H2,(H,22,27)(H,23,28)(H,24,25). The number of hydrogen-bond acceptors (Lipinski definition) is 4. The van der Waals surface area contributed by atoms with Crippen LogP contribution >= 0.6 is 11.6 Å². The summed E-state index contributed by atoms with van der Waals surface area (Å²) in [6, 6.07) is 2.74. The number of rotatable bonds is 4. The van der Waals surface area contributed by atoms with Crippen molar-refractivity contribution in [3.63, 3.8) is 0 Å². The highest BCUT2D eigenvalue weighted by molar-refractivity contribution is 6.30. The van der Waals surface area contributed by atoms with Crippen molar-refractivity contribution in [2.45, 2.75) is 24.9 Å². The Morgan fingerprint density at radius 1 is 1.28 bits per heavy atom. The molecule has 1 aliphatic heterocycles. The summed E-state index contributed by atoms with van der Waals surface area (Å²) in [5.41, 5.74) is 0.307. The number of H-pyrrole nitrogens is 2. The summed E-state index contributed by atoms with van der Waals surface area (Å²) >= 11 is 5.75. The quantitative estimate of drug-likeness (QED) is 0.688. The molecule has 29 heavy (non-hydrogen) atoms. The number of nitrogens with zero attached hydrogens (tertiary/aromatic N) is 2. The van der Waals surface area contributed by atoms with Gasteiger partial charge in [-0.2, -0.15) is 18.3 Å². The first kappa shape index (κ1) is 20.9. The number of carbonyl (C=O) groups is 2. The lowest BCUT2D eigenvalue weighted by Crippen LogP contribution is -2.38. The molecular formula is C17H17ClF3N5O3. The Kier molecular flexibility index (Phi) is 5.96. The molecule has 3 rings (SSSR count). The Bertz CT molecular complexity index is 964. The van der Waals surface area contributed by atoms with Crippen molar-refractivity contribution in [3.05, 3.63) is 50.7 Å². The molecule has 0 radical (unpaired) electrons. The zero-order valence-electron chi connectivity index (χ0n) is 15.0. The second-order valence-electron chi connectivity index (χ2n) is 6.64. The van der Waals surface area contributed by atoms with Gasteiger partial charge in [0.25, 0.3) is 17.4 Å². The lowest BCUT2D eigenvalue weighted by atomic mass is 9.93. The number of likely N-dealkylation sites (tertiary alicyclic amines) is 1. The predicted octanol–water partition coefficient (Wildman–Crippen LogP) is 2.06. The van der Waals surface area contributed by atoms with Crippen molar-refractivity contribution in [1.29, 1.82) is 0 Å². The zero-order valence-corrected chi connectivity index (χ0v) is 15.7. The fourth-order valence-corrected chi connectivity index (χ4v) is 3.26. The third-order valence-corrected chi connectivity index (χ3v) is 4.89. The normalized spacial score (nSPS) is 15.4. The van der Waals surface area contributed by atoms with Gasteiger partial charge in [-0.15, -0.1) is 0 Å². The summed E-state index contributed by atoms with van der Waals surface area (Å²) in [5, 5.41) is 8.17. The highest BCUT2D eigenvalue weighted by Crippen LogP contribution is 2.28. The maximum atomic E-state index is 12.5. The molecule has 0 spiro atoms. The van der Waals surface area contributed by atoms with Crippen LogP contribution < -0.4 is 10.9 Å². The lowest BCUT2D eigenvalue weighted by molar-refractivity contribution is -0.123. The minimum Gasteiger partial charge on any atom is -0.342 e. The number of carbonyl (C=O) groups excluding carboxylic acids is 2. The van der Waals surface area contributed by atoms with E-state index in [1.807, 2.05) is 0 Å². The summed E-state index contributed by atoms with van der Waals surface area (Å²) < 4.78 is 36.6. The van der Waals surface area contributed by atoms with Crippen LogP contribution in [0.25, 0.3) is 0 Å². The smallest absolute Gasteiger partial charge is 0.342 e. The molecule has 2 aromatic rings. The Balaban J connectivity index is 1.57. The third kappa shape index (κ3) is 5.17. The van der Waals surface area contributed by atoms with Crippen LogP contribution in [0.3, 0.4) is 0 Å². The molecule has 0 aromatic carbocycles. The van der Waals surface area contributed by atoms with E-state index in [0.717, 1.165) is 0 Å². The number of pyridine rings is 1. The number of amides is 2. The molecule has 8 nitrogen and oxygen atoms in total. The van der Waals surface area contributed by atoms with Crippen molar-refractivity contribution in [1.82, 2.24) is 25.4 Å². The highest BCUT2D eigenvalue weighted by Gasteiger charge is 2.29. The maximum Gasteiger partial charge on any atom is 0.405 e. The van der Waals surface area contributed by atoms with Gasteiger partial charge in [0, 0.05) is 30.9 Å². The molecule has 0 saturated carbocycles. The molecule has 12 heteroatoms. The average Bonchev–Trinajstić information content (AvgIpc) is 3.17. The first-order valence-electron chi connectivity index (χ1n) is 8.72. The largest absolute Gasteiger partial charge is 0.405 e. The van der Waals surface area contributed by atoms with Crippen LogP contribution in [0.2, 0.25) is 5.02 Å². The van der Waals surface area contributed by atoms with Gasteiger partial charge in [-0.25, -0.2) is 0 Å². The highest BCUT2D eigenvalue weighted by atomic mass is 35.5. The second kappa shape index (κ2) is 8.27. The molecule has 0 unspecified atom stereocenters. The van der Waals surface area contributed by atoms with Crippen molar-refractivity contribution in [3.8, 4) is 0 Å². The molecule has 0 aliphatic carbocycles. The lowest BCUT2D eigenvalue weighted by Gasteiger charge is -2.31. The van der Waals surface area contributed by atoms with E-state index in [4.69, 9.17) is 11.6 Å². The molecule has 156 valence electrons. The van der Waals surface area contributed by atoms with Crippen LogP contribution in [0.4, 0.5) is 13.2 Å². The minimum atomic E-state index is -4.50. The van der Waals surface area contributed by atoms with Gasteiger partial charge >= 0.3 is 6.18 Å². The maximum absolute atomic E-state index is 12.5. The van der Waals surface area contributed by atoms with Crippen molar-refractivity contribution in [2.75, 3.05) is 19.6 Å². The van der Waals surface area contributed by atoms with Gasteiger partial charge < -0.3 is 15.2 Å². The van der Waals surface area contributed by atoms with Crippen molar-refractivity contribution >= 4 is 23.4 Å². The molecule has 2 aromatic heterocycles. The number of halogens is 4. The predicted molar refractivity (Wildman–Crippen MR) is 96.9 cm³/mol. The number of aromatic amines is 2. The van der Waals surface area contributed by atoms with Gasteiger partial charge in [0.15, 0.2) is 0 Å². The molecule has 1 aliphatic rings. The molecule has 1 saturated heterocycles. The minimum absolute atomic E-state index is 0.0186. The number of hydrogen-bond donors (Lipinski definition) is 3. The molecule has 2 amide bonds. The summed E-state index contributed by atoms with van der Waals surface area (Å²) in [6.07, 6.45) is -2.03. The van der Waals surface area contributed by atoms with Crippen LogP contribution in [-0.4, -0.2) is 57.7 Å². The first-order valence-corrected chi connectivity index (χ1v) is 9.09. The van der Waals surface area contributed by atoms with Gasteiger partial charge in [-0.1, -0.05) is 11.6 Å². The van der Waals surface area contributed by atoms with Crippen molar-refractivity contribution < 1.29 is 22.8 Å². The zero-order chi connectivity index (χ0) is 21.2. The molecular weight excluding hydrogens is 415 g/mol. The number of piperidine rings is 1. The molecule has 1 fully saturated rings.